The van der Waals surface area contributed by atoms with E-state index in [1.165, 1.54) is 12.3 Å². The van der Waals surface area contributed by atoms with Crippen LogP contribution in [0.5, 0.6) is 0 Å². The molecule has 0 atom stereocenters. The molecule has 124 valence electrons. The summed E-state index contributed by atoms with van der Waals surface area (Å²) in [7, 11) is -1.97. The van der Waals surface area contributed by atoms with Gasteiger partial charge in [0.25, 0.3) is 0 Å². The fourth-order valence-electron chi connectivity index (χ4n) is 1.88. The monoisotopic (exact) mass is 355 g/mol. The number of anilines is 3. The van der Waals surface area contributed by atoms with Gasteiger partial charge in [-0.25, -0.2) is 18.1 Å². The van der Waals surface area contributed by atoms with Crippen molar-refractivity contribution in [2.24, 2.45) is 0 Å². The number of sulfonamides is 1. The molecule has 7 nitrogen and oxygen atoms in total. The van der Waals surface area contributed by atoms with Gasteiger partial charge in [0, 0.05) is 13.1 Å². The molecule has 23 heavy (non-hydrogen) atoms. The van der Waals surface area contributed by atoms with Crippen LogP contribution in [0.4, 0.5) is 17.5 Å². The minimum atomic E-state index is -3.65. The molecule has 2 rings (SSSR count). The van der Waals surface area contributed by atoms with Crippen molar-refractivity contribution in [3.63, 3.8) is 0 Å². The highest BCUT2D eigenvalue weighted by Crippen LogP contribution is 2.28. The molecular formula is C14H18ClN5O2S. The number of rotatable bonds is 6. The van der Waals surface area contributed by atoms with E-state index in [1.54, 1.807) is 39.1 Å². The molecule has 1 heterocycles. The molecule has 2 aromatic rings. The van der Waals surface area contributed by atoms with Gasteiger partial charge in [0.05, 0.1) is 11.9 Å². The first-order chi connectivity index (χ1) is 10.8. The molecule has 0 bridgehead atoms. The van der Waals surface area contributed by atoms with E-state index < -0.39 is 10.0 Å². The number of aromatic nitrogens is 2. The third-order valence-electron chi connectivity index (χ3n) is 2.79. The summed E-state index contributed by atoms with van der Waals surface area (Å²) in [5.41, 5.74) is 0.378. The number of benzene rings is 1. The van der Waals surface area contributed by atoms with Crippen molar-refractivity contribution in [3.05, 3.63) is 35.5 Å². The first kappa shape index (κ1) is 17.5. The Hall–Kier alpha value is -1.90. The van der Waals surface area contributed by atoms with Gasteiger partial charge in [-0.05, 0) is 26.0 Å². The lowest BCUT2D eigenvalue weighted by Gasteiger charge is -2.15. The molecule has 0 spiro atoms. The lowest BCUT2D eigenvalue weighted by molar-refractivity contribution is 0.570. The number of nitrogens with zero attached hydrogens (tertiary/aromatic N) is 2. The summed E-state index contributed by atoms with van der Waals surface area (Å²) >= 11 is 6.07. The van der Waals surface area contributed by atoms with Crippen LogP contribution in [0, 0.1) is 0 Å². The average Bonchev–Trinajstić information content (AvgIpc) is 2.48. The van der Waals surface area contributed by atoms with Crippen molar-refractivity contribution >= 4 is 39.1 Å². The number of para-hydroxylation sites is 1. The number of hydrogen-bond donors (Lipinski definition) is 3. The van der Waals surface area contributed by atoms with Crippen LogP contribution in [0.15, 0.2) is 35.4 Å². The van der Waals surface area contributed by atoms with E-state index in [-0.39, 0.29) is 16.0 Å². The maximum Gasteiger partial charge on any atom is 0.242 e. The summed E-state index contributed by atoms with van der Waals surface area (Å²) in [6, 6.07) is 6.32. The van der Waals surface area contributed by atoms with Gasteiger partial charge in [-0.1, -0.05) is 23.7 Å². The molecule has 0 radical (unpaired) electrons. The molecular weight excluding hydrogens is 338 g/mol. The zero-order chi connectivity index (χ0) is 17.0. The van der Waals surface area contributed by atoms with Crippen molar-refractivity contribution in [2.75, 3.05) is 17.7 Å². The molecule has 3 N–H and O–H groups in total. The van der Waals surface area contributed by atoms with Gasteiger partial charge in [0.1, 0.15) is 9.92 Å². The summed E-state index contributed by atoms with van der Waals surface area (Å²) in [6.07, 6.45) is 1.44. The smallest absolute Gasteiger partial charge is 0.242 e. The highest BCUT2D eigenvalue weighted by atomic mass is 35.5. The summed E-state index contributed by atoms with van der Waals surface area (Å²) in [4.78, 5) is 8.29. The fourth-order valence-corrected chi connectivity index (χ4v) is 3.43. The van der Waals surface area contributed by atoms with Gasteiger partial charge in [-0.15, -0.1) is 0 Å². The molecule has 0 amide bonds. The van der Waals surface area contributed by atoms with Gasteiger partial charge in [-0.3, -0.25) is 0 Å². The van der Waals surface area contributed by atoms with E-state index >= 15 is 0 Å². The van der Waals surface area contributed by atoms with E-state index in [0.29, 0.717) is 17.5 Å². The maximum atomic E-state index is 12.4. The second-order valence-corrected chi connectivity index (χ2v) is 7.13. The predicted molar refractivity (Wildman–Crippen MR) is 91.8 cm³/mol. The van der Waals surface area contributed by atoms with E-state index in [9.17, 15) is 8.42 Å². The van der Waals surface area contributed by atoms with Crippen molar-refractivity contribution in [1.29, 1.82) is 0 Å². The molecule has 1 aromatic carbocycles. The van der Waals surface area contributed by atoms with Gasteiger partial charge < -0.3 is 10.6 Å². The van der Waals surface area contributed by atoms with Gasteiger partial charge in [-0.2, -0.15) is 4.98 Å². The van der Waals surface area contributed by atoms with E-state index in [2.05, 4.69) is 25.3 Å². The number of hydrogen-bond acceptors (Lipinski definition) is 6. The fraction of sp³-hybridized carbons (Fsp3) is 0.286. The Morgan fingerprint density at radius 1 is 1.22 bits per heavy atom. The molecule has 9 heteroatoms. The van der Waals surface area contributed by atoms with Crippen LogP contribution < -0.4 is 15.4 Å². The second kappa shape index (κ2) is 7.12. The van der Waals surface area contributed by atoms with Crippen LogP contribution in [-0.2, 0) is 10.0 Å². The van der Waals surface area contributed by atoms with Gasteiger partial charge in [0.2, 0.25) is 16.0 Å². The van der Waals surface area contributed by atoms with Crippen molar-refractivity contribution in [1.82, 2.24) is 14.7 Å². The van der Waals surface area contributed by atoms with Crippen molar-refractivity contribution in [3.8, 4) is 0 Å². The maximum absolute atomic E-state index is 12.4. The zero-order valence-electron chi connectivity index (χ0n) is 13.0. The normalized spacial score (nSPS) is 11.5. The van der Waals surface area contributed by atoms with Crippen molar-refractivity contribution in [2.45, 2.75) is 24.8 Å². The third-order valence-corrected chi connectivity index (χ3v) is 4.78. The molecule has 0 unspecified atom stereocenters. The zero-order valence-corrected chi connectivity index (χ0v) is 14.5. The van der Waals surface area contributed by atoms with Gasteiger partial charge >= 0.3 is 0 Å². The molecule has 0 fully saturated rings. The first-order valence-electron chi connectivity index (χ1n) is 6.92. The lowest BCUT2D eigenvalue weighted by atomic mass is 10.3. The molecule has 1 aromatic heterocycles. The Morgan fingerprint density at radius 3 is 2.57 bits per heavy atom. The van der Waals surface area contributed by atoms with Crippen LogP contribution in [0.2, 0.25) is 5.02 Å². The summed E-state index contributed by atoms with van der Waals surface area (Å²) in [5, 5.41) is 6.04. The topological polar surface area (TPSA) is 96.0 Å². The molecule has 0 aliphatic heterocycles. The SMILES string of the molecule is CNc1ncc(Cl)c(Nc2ccccc2S(=O)(=O)NC(C)C)n1. The van der Waals surface area contributed by atoms with Crippen LogP contribution in [0.1, 0.15) is 13.8 Å². The van der Waals surface area contributed by atoms with E-state index in [0.717, 1.165) is 0 Å². The Balaban J connectivity index is 2.42. The second-order valence-electron chi connectivity index (χ2n) is 5.04. The predicted octanol–water partition coefficient (Wildman–Crippen LogP) is 2.60. The highest BCUT2D eigenvalue weighted by molar-refractivity contribution is 7.89. The van der Waals surface area contributed by atoms with E-state index in [1.807, 2.05) is 0 Å². The van der Waals surface area contributed by atoms with Crippen LogP contribution in [-0.4, -0.2) is 31.5 Å². The summed E-state index contributed by atoms with van der Waals surface area (Å²) in [6.45, 7) is 3.52. The Morgan fingerprint density at radius 2 is 1.91 bits per heavy atom. The van der Waals surface area contributed by atoms with Gasteiger partial charge in [0.15, 0.2) is 5.82 Å². The number of halogens is 1. The van der Waals surface area contributed by atoms with Crippen LogP contribution >= 0.6 is 11.6 Å². The Labute approximate surface area is 140 Å². The third kappa shape index (κ3) is 4.31. The molecule has 0 saturated heterocycles. The molecule has 0 saturated carbocycles. The molecule has 0 aliphatic carbocycles. The number of nitrogens with one attached hydrogen (secondary N) is 3. The minimum Gasteiger partial charge on any atom is -0.357 e. The first-order valence-corrected chi connectivity index (χ1v) is 8.78. The largest absolute Gasteiger partial charge is 0.357 e. The summed E-state index contributed by atoms with van der Waals surface area (Å²) < 4.78 is 27.4. The highest BCUT2D eigenvalue weighted by Gasteiger charge is 2.20. The quantitative estimate of drug-likeness (QED) is 0.737. The average molecular weight is 356 g/mol. The standard InChI is InChI=1S/C14H18ClN5O2S/c1-9(2)20-23(21,22)12-7-5-4-6-11(12)18-13-10(15)8-17-14(16-3)19-13/h4-9,20H,1-3H3,(H2,16,17,18,19). The molecule has 0 aliphatic rings. The Kier molecular flexibility index (Phi) is 5.40. The van der Waals surface area contributed by atoms with Crippen molar-refractivity contribution < 1.29 is 8.42 Å². The van der Waals surface area contributed by atoms with Crippen LogP contribution in [0.3, 0.4) is 0 Å². The van der Waals surface area contributed by atoms with Crippen LogP contribution in [0.25, 0.3) is 0 Å². The summed E-state index contributed by atoms with van der Waals surface area (Å²) in [5.74, 6) is 0.691. The lowest BCUT2D eigenvalue weighted by Crippen LogP contribution is -2.30. The van der Waals surface area contributed by atoms with E-state index in [4.69, 9.17) is 11.6 Å². The Bertz CT molecular complexity index is 796. The minimum absolute atomic E-state index is 0.120.